The van der Waals surface area contributed by atoms with Crippen LogP contribution < -0.4 is 0 Å². The zero-order valence-corrected chi connectivity index (χ0v) is 43.0. The summed E-state index contributed by atoms with van der Waals surface area (Å²) in [5, 5.41) is 0. The van der Waals surface area contributed by atoms with Gasteiger partial charge in [0.05, 0.1) is 19.1 Å². The highest BCUT2D eigenvalue weighted by Crippen LogP contribution is 2.22. The fourth-order valence-electron chi connectivity index (χ4n) is 8.01. The molecule has 0 spiro atoms. The maximum Gasteiger partial charge on any atom is 0.308 e. The van der Waals surface area contributed by atoms with Gasteiger partial charge < -0.3 is 28.6 Å². The van der Waals surface area contributed by atoms with Crippen LogP contribution in [0.5, 0.6) is 0 Å². The van der Waals surface area contributed by atoms with E-state index in [1.807, 2.05) is 19.0 Å². The summed E-state index contributed by atoms with van der Waals surface area (Å²) in [4.78, 5) is 65.4. The smallest absolute Gasteiger partial charge is 0.308 e. The van der Waals surface area contributed by atoms with Crippen molar-refractivity contribution in [3.8, 4) is 0 Å². The molecule has 0 bridgehead atoms. The molecule has 0 amide bonds. The number of nitrogens with zero attached hydrogens (tertiary/aromatic N) is 1. The lowest BCUT2D eigenvalue weighted by Gasteiger charge is -2.18. The van der Waals surface area contributed by atoms with Crippen LogP contribution in [0.25, 0.3) is 0 Å². The van der Waals surface area contributed by atoms with E-state index in [1.165, 1.54) is 109 Å². The topological polar surface area (TPSA) is 135 Å². The van der Waals surface area contributed by atoms with Crippen LogP contribution in [0, 0.1) is 11.8 Å². The van der Waals surface area contributed by atoms with Crippen LogP contribution in [0.1, 0.15) is 252 Å². The first-order valence-corrected chi connectivity index (χ1v) is 27.0. The quantitative estimate of drug-likeness (QED) is 0.0328. The van der Waals surface area contributed by atoms with Gasteiger partial charge in [-0.3, -0.25) is 24.0 Å². The van der Waals surface area contributed by atoms with Crippen LogP contribution in [0.4, 0.5) is 0 Å². The highest BCUT2D eigenvalue weighted by Gasteiger charge is 2.21. The van der Waals surface area contributed by atoms with E-state index < -0.39 is 24.0 Å². The number of unbranched alkanes of at least 4 members (excludes halogenated alkanes) is 20. The fourth-order valence-corrected chi connectivity index (χ4v) is 8.01. The molecule has 0 heterocycles. The minimum atomic E-state index is -0.910. The average Bonchev–Trinajstić information content (AvgIpc) is 3.28. The van der Waals surface area contributed by atoms with Gasteiger partial charge in [-0.05, 0) is 90.8 Å². The third-order valence-electron chi connectivity index (χ3n) is 12.2. The first-order valence-electron chi connectivity index (χ1n) is 27.0. The third-order valence-corrected chi connectivity index (χ3v) is 12.2. The maximum absolute atomic E-state index is 13.0. The number of esters is 5. The fraction of sp³-hybridized carbons (Fsp3) is 0.907. The SMILES string of the molecule is CCCCCCCCC(CCCCCC)COC(=O)CCCCCC(=O)OCC(COC(=O)CCCCCOC(=O)C(CCCCCC)CCCCCCCC)OC(=O)CCCN(C)C. The van der Waals surface area contributed by atoms with E-state index in [0.717, 1.165) is 51.5 Å². The van der Waals surface area contributed by atoms with Gasteiger partial charge in [-0.2, -0.15) is 0 Å². The van der Waals surface area contributed by atoms with E-state index in [2.05, 4.69) is 27.7 Å². The summed E-state index contributed by atoms with van der Waals surface area (Å²) in [6.07, 6.45) is 32.7. The molecule has 382 valence electrons. The Balaban J connectivity index is 4.68. The van der Waals surface area contributed by atoms with E-state index in [1.54, 1.807) is 0 Å². The second kappa shape index (κ2) is 46.4. The Morgan fingerprint density at radius 1 is 0.385 bits per heavy atom. The molecule has 3 unspecified atom stereocenters. The van der Waals surface area contributed by atoms with Gasteiger partial charge in [0.2, 0.25) is 0 Å². The highest BCUT2D eigenvalue weighted by molar-refractivity contribution is 5.72. The van der Waals surface area contributed by atoms with Gasteiger partial charge in [0.15, 0.2) is 6.10 Å². The number of hydrogen-bond acceptors (Lipinski definition) is 11. The molecule has 0 saturated carbocycles. The molecule has 11 heteroatoms. The zero-order chi connectivity index (χ0) is 48.0. The first-order chi connectivity index (χ1) is 31.6. The molecule has 3 atom stereocenters. The van der Waals surface area contributed by atoms with Gasteiger partial charge in [0, 0.05) is 25.7 Å². The van der Waals surface area contributed by atoms with Gasteiger partial charge in [-0.25, -0.2) is 0 Å². The Morgan fingerprint density at radius 3 is 1.22 bits per heavy atom. The molecule has 0 aromatic rings. The maximum atomic E-state index is 13.0. The van der Waals surface area contributed by atoms with Gasteiger partial charge in [0.1, 0.15) is 13.2 Å². The lowest BCUT2D eigenvalue weighted by molar-refractivity contribution is -0.167. The van der Waals surface area contributed by atoms with Crippen molar-refractivity contribution >= 4 is 29.8 Å². The molecule has 11 nitrogen and oxygen atoms in total. The van der Waals surface area contributed by atoms with Crippen molar-refractivity contribution in [3.63, 3.8) is 0 Å². The van der Waals surface area contributed by atoms with Gasteiger partial charge >= 0.3 is 29.8 Å². The number of hydrogen-bond donors (Lipinski definition) is 0. The molecule has 65 heavy (non-hydrogen) atoms. The second-order valence-corrected chi connectivity index (χ2v) is 19.0. The molecule has 0 aliphatic heterocycles. The minimum Gasteiger partial charge on any atom is -0.465 e. The largest absolute Gasteiger partial charge is 0.465 e. The third kappa shape index (κ3) is 42.4. The number of rotatable bonds is 48. The summed E-state index contributed by atoms with van der Waals surface area (Å²) >= 11 is 0. The molecule has 0 aromatic heterocycles. The van der Waals surface area contributed by atoms with Crippen LogP contribution in [0.3, 0.4) is 0 Å². The Bertz CT molecular complexity index is 1150. The van der Waals surface area contributed by atoms with Gasteiger partial charge in [-0.15, -0.1) is 0 Å². The van der Waals surface area contributed by atoms with Crippen LogP contribution in [-0.4, -0.2) is 87.9 Å². The highest BCUT2D eigenvalue weighted by atomic mass is 16.6. The van der Waals surface area contributed by atoms with E-state index in [-0.39, 0.29) is 50.3 Å². The average molecular weight is 924 g/mol. The van der Waals surface area contributed by atoms with E-state index >= 15 is 0 Å². The van der Waals surface area contributed by atoms with Crippen molar-refractivity contribution < 1.29 is 47.7 Å². The molecular weight excluding hydrogens is 823 g/mol. The predicted octanol–water partition coefficient (Wildman–Crippen LogP) is 13.6. The Hall–Kier alpha value is -2.69. The van der Waals surface area contributed by atoms with Crippen molar-refractivity contribution in [3.05, 3.63) is 0 Å². The molecule has 0 rings (SSSR count). The van der Waals surface area contributed by atoms with Crippen molar-refractivity contribution in [2.75, 3.05) is 47.1 Å². The Morgan fingerprint density at radius 2 is 0.754 bits per heavy atom. The summed E-state index contributed by atoms with van der Waals surface area (Å²) in [7, 11) is 3.86. The van der Waals surface area contributed by atoms with Crippen LogP contribution in [-0.2, 0) is 47.7 Å². The van der Waals surface area contributed by atoms with Crippen molar-refractivity contribution in [1.29, 1.82) is 0 Å². The lowest BCUT2D eigenvalue weighted by Crippen LogP contribution is -2.31. The summed E-state index contributed by atoms with van der Waals surface area (Å²) in [6, 6.07) is 0. The Labute approximate surface area is 398 Å². The predicted molar refractivity (Wildman–Crippen MR) is 264 cm³/mol. The summed E-state index contributed by atoms with van der Waals surface area (Å²) < 4.78 is 27.9. The zero-order valence-electron chi connectivity index (χ0n) is 43.0. The second-order valence-electron chi connectivity index (χ2n) is 19.0. The van der Waals surface area contributed by atoms with Crippen LogP contribution in [0.2, 0.25) is 0 Å². The molecule has 0 fully saturated rings. The molecule has 0 aliphatic carbocycles. The number of ether oxygens (including phenoxy) is 5. The van der Waals surface area contributed by atoms with Crippen molar-refractivity contribution in [1.82, 2.24) is 4.90 Å². The van der Waals surface area contributed by atoms with Crippen LogP contribution >= 0.6 is 0 Å². The summed E-state index contributed by atoms with van der Waals surface area (Å²) in [6.45, 7) is 10.0. The Kier molecular flexibility index (Phi) is 44.5. The standard InChI is InChI=1S/C54H101NO10/c1-7-11-15-19-21-26-35-47(34-25-17-13-9-3)44-62-50(56)38-29-23-30-39-51(57)63-45-49(65-53(59)41-33-42-55(5)6)46-64-52(58)40-31-24-32-43-61-54(60)48(36-27-18-14-10-4)37-28-22-20-16-12-8-2/h47-49H,7-46H2,1-6H3. The molecule has 0 saturated heterocycles. The van der Waals surface area contributed by atoms with Crippen molar-refractivity contribution in [2.45, 2.75) is 259 Å². The lowest BCUT2D eigenvalue weighted by atomic mass is 9.94. The monoisotopic (exact) mass is 924 g/mol. The van der Waals surface area contributed by atoms with Gasteiger partial charge in [-0.1, -0.05) is 163 Å². The van der Waals surface area contributed by atoms with E-state index in [9.17, 15) is 24.0 Å². The van der Waals surface area contributed by atoms with Gasteiger partial charge in [0.25, 0.3) is 0 Å². The van der Waals surface area contributed by atoms with E-state index in [4.69, 9.17) is 23.7 Å². The van der Waals surface area contributed by atoms with Crippen molar-refractivity contribution in [2.24, 2.45) is 11.8 Å². The molecular formula is C54H101NO10. The minimum absolute atomic E-state index is 0.0306. The summed E-state index contributed by atoms with van der Waals surface area (Å²) in [5.41, 5.74) is 0. The van der Waals surface area contributed by atoms with E-state index in [0.29, 0.717) is 70.5 Å². The number of carbonyl (C=O) groups excluding carboxylic acids is 5. The molecule has 0 aliphatic rings. The normalized spacial score (nSPS) is 12.7. The van der Waals surface area contributed by atoms with Crippen LogP contribution in [0.15, 0.2) is 0 Å². The molecule has 0 N–H and O–H groups in total. The molecule has 0 radical (unpaired) electrons. The first kappa shape index (κ1) is 62.3. The summed E-state index contributed by atoms with van der Waals surface area (Å²) in [5.74, 6) is -1.15. The number of carbonyl (C=O) groups is 5. The molecule has 0 aromatic carbocycles.